The Balaban J connectivity index is 0.000000226. The maximum absolute atomic E-state index is 12.9. The number of amides is 4. The first-order valence-electron chi connectivity index (χ1n) is 16.5. The van der Waals surface area contributed by atoms with Crippen LogP contribution < -0.4 is 10.6 Å². The second-order valence-electron chi connectivity index (χ2n) is 13.9. The predicted molar refractivity (Wildman–Crippen MR) is 198 cm³/mol. The molecule has 0 bridgehead atoms. The number of pyridine rings is 1. The van der Waals surface area contributed by atoms with Gasteiger partial charge in [-0.1, -0.05) is 30.3 Å². The van der Waals surface area contributed by atoms with Gasteiger partial charge in [0.2, 0.25) is 11.8 Å². The molecule has 2 fully saturated rings. The van der Waals surface area contributed by atoms with E-state index in [2.05, 4.69) is 38.2 Å². The first-order valence-corrected chi connectivity index (χ1v) is 17.6. The van der Waals surface area contributed by atoms with Crippen LogP contribution in [0.2, 0.25) is 0 Å². The molecule has 2 aliphatic rings. The summed E-state index contributed by atoms with van der Waals surface area (Å²) in [6.07, 6.45) is 5.45. The molecule has 5 rings (SSSR count). The standard InChI is InChI=1S/C21H25N3O3.C16H21IN2O3/c1-21(2,3)27-20(26)24-14-6-9-18(24)19(25)23-17-8-5-4-7-16(17)15-10-12-22-13-11-15;1-16(2,3)22-15(21)19-10-6-9-13(19)14(20)18-12-8-5-4-7-11(12)17/h4-5,7-8,10-13,18H,6,9,14H2,1-3H3,(H,23,25);4-5,7-8,13H,6,9-10H2,1-3H3,(H,18,20)/t18-;13-/m00/s1. The Bertz CT molecular complexity index is 1620. The van der Waals surface area contributed by atoms with Gasteiger partial charge in [-0.3, -0.25) is 24.4 Å². The lowest BCUT2D eigenvalue weighted by molar-refractivity contribution is -0.121. The van der Waals surface area contributed by atoms with Crippen molar-refractivity contribution in [1.82, 2.24) is 14.8 Å². The van der Waals surface area contributed by atoms with E-state index in [0.29, 0.717) is 31.6 Å². The van der Waals surface area contributed by atoms with Crippen molar-refractivity contribution in [3.05, 3.63) is 76.6 Å². The minimum atomic E-state index is -0.589. The third-order valence-electron chi connectivity index (χ3n) is 7.67. The van der Waals surface area contributed by atoms with Crippen LogP contribution in [0.25, 0.3) is 11.1 Å². The summed E-state index contributed by atoms with van der Waals surface area (Å²) < 4.78 is 11.8. The number of benzene rings is 2. The van der Waals surface area contributed by atoms with Gasteiger partial charge in [0, 0.05) is 40.3 Å². The van der Waals surface area contributed by atoms with Crippen molar-refractivity contribution in [2.75, 3.05) is 23.7 Å². The second-order valence-corrected chi connectivity index (χ2v) is 15.1. The summed E-state index contributed by atoms with van der Waals surface area (Å²) in [5, 5.41) is 5.89. The van der Waals surface area contributed by atoms with E-state index in [4.69, 9.17) is 9.47 Å². The third kappa shape index (κ3) is 10.9. The lowest BCUT2D eigenvalue weighted by atomic mass is 10.0. The summed E-state index contributed by atoms with van der Waals surface area (Å²) in [5.74, 6) is -0.354. The lowest BCUT2D eigenvalue weighted by Crippen LogP contribution is -2.45. The molecule has 2 saturated heterocycles. The molecule has 2 N–H and O–H groups in total. The quantitative estimate of drug-likeness (QED) is 0.254. The fourth-order valence-electron chi connectivity index (χ4n) is 5.53. The molecule has 49 heavy (non-hydrogen) atoms. The molecule has 0 unspecified atom stereocenters. The van der Waals surface area contributed by atoms with E-state index in [1.54, 1.807) is 12.4 Å². The Kier molecular flexibility index (Phi) is 12.6. The summed E-state index contributed by atoms with van der Waals surface area (Å²) in [6, 6.07) is 18.0. The number of hydrogen-bond donors (Lipinski definition) is 2. The summed E-state index contributed by atoms with van der Waals surface area (Å²) in [6.45, 7) is 12.0. The largest absolute Gasteiger partial charge is 0.444 e. The molecule has 11 nitrogen and oxygen atoms in total. The van der Waals surface area contributed by atoms with Gasteiger partial charge in [0.15, 0.2) is 0 Å². The van der Waals surface area contributed by atoms with Gasteiger partial charge in [-0.2, -0.15) is 0 Å². The number of anilines is 2. The monoisotopic (exact) mass is 783 g/mol. The summed E-state index contributed by atoms with van der Waals surface area (Å²) in [5.41, 5.74) is 2.21. The molecule has 2 atom stereocenters. The Morgan fingerprint density at radius 2 is 1.14 bits per heavy atom. The molecule has 2 aromatic carbocycles. The Morgan fingerprint density at radius 3 is 1.63 bits per heavy atom. The summed E-state index contributed by atoms with van der Waals surface area (Å²) in [4.78, 5) is 57.1. The van der Waals surface area contributed by atoms with Crippen molar-refractivity contribution in [3.63, 3.8) is 0 Å². The fourth-order valence-corrected chi connectivity index (χ4v) is 6.05. The third-order valence-corrected chi connectivity index (χ3v) is 8.62. The van der Waals surface area contributed by atoms with Gasteiger partial charge in [-0.05, 0) is 126 Å². The molecule has 1 aromatic heterocycles. The van der Waals surface area contributed by atoms with Crippen molar-refractivity contribution in [2.24, 2.45) is 0 Å². The van der Waals surface area contributed by atoms with E-state index in [-0.39, 0.29) is 11.8 Å². The van der Waals surface area contributed by atoms with Crippen molar-refractivity contribution < 1.29 is 28.7 Å². The van der Waals surface area contributed by atoms with E-state index in [0.717, 1.165) is 33.2 Å². The van der Waals surface area contributed by atoms with Crippen LogP contribution in [0.5, 0.6) is 0 Å². The lowest BCUT2D eigenvalue weighted by Gasteiger charge is -2.28. The van der Waals surface area contributed by atoms with Crippen LogP contribution in [0.4, 0.5) is 21.0 Å². The Morgan fingerprint density at radius 1 is 0.694 bits per heavy atom. The zero-order chi connectivity index (χ0) is 35.8. The second kappa shape index (κ2) is 16.5. The topological polar surface area (TPSA) is 130 Å². The van der Waals surface area contributed by atoms with Gasteiger partial charge < -0.3 is 20.1 Å². The highest BCUT2D eigenvalue weighted by atomic mass is 127. The Hall–Kier alpha value is -4.20. The summed E-state index contributed by atoms with van der Waals surface area (Å²) >= 11 is 2.17. The molecular formula is C37H46IN5O6. The van der Waals surface area contributed by atoms with E-state index in [9.17, 15) is 19.2 Å². The van der Waals surface area contributed by atoms with Gasteiger partial charge in [0.25, 0.3) is 0 Å². The molecule has 3 heterocycles. The maximum Gasteiger partial charge on any atom is 0.410 e. The zero-order valence-corrected chi connectivity index (χ0v) is 31.2. The molecule has 0 saturated carbocycles. The van der Waals surface area contributed by atoms with Gasteiger partial charge in [0.05, 0.1) is 5.69 Å². The summed E-state index contributed by atoms with van der Waals surface area (Å²) in [7, 11) is 0. The molecule has 0 spiro atoms. The number of halogens is 1. The van der Waals surface area contributed by atoms with Crippen LogP contribution in [0.3, 0.4) is 0 Å². The average Bonchev–Trinajstić information content (AvgIpc) is 3.73. The minimum absolute atomic E-state index is 0.160. The molecule has 2 aliphatic heterocycles. The fraction of sp³-hybridized carbons (Fsp3) is 0.432. The number of nitrogens with one attached hydrogen (secondary N) is 2. The van der Waals surface area contributed by atoms with Crippen LogP contribution >= 0.6 is 22.6 Å². The number of rotatable bonds is 5. The smallest absolute Gasteiger partial charge is 0.410 e. The van der Waals surface area contributed by atoms with E-state index < -0.39 is 35.5 Å². The first-order chi connectivity index (χ1) is 23.1. The van der Waals surface area contributed by atoms with Crippen molar-refractivity contribution >= 4 is 58.0 Å². The van der Waals surface area contributed by atoms with Crippen molar-refractivity contribution in [1.29, 1.82) is 0 Å². The molecule has 3 aromatic rings. The zero-order valence-electron chi connectivity index (χ0n) is 29.0. The normalized spacial score (nSPS) is 17.4. The maximum atomic E-state index is 12.9. The number of carbonyl (C=O) groups excluding carboxylic acids is 4. The van der Waals surface area contributed by atoms with Crippen LogP contribution in [0.1, 0.15) is 67.2 Å². The minimum Gasteiger partial charge on any atom is -0.444 e. The molecule has 0 aliphatic carbocycles. The highest BCUT2D eigenvalue weighted by Crippen LogP contribution is 2.29. The average molecular weight is 784 g/mol. The van der Waals surface area contributed by atoms with Gasteiger partial charge in [0.1, 0.15) is 23.3 Å². The van der Waals surface area contributed by atoms with Crippen LogP contribution in [-0.2, 0) is 19.1 Å². The molecule has 4 amide bonds. The number of aromatic nitrogens is 1. The van der Waals surface area contributed by atoms with E-state index >= 15 is 0 Å². The highest BCUT2D eigenvalue weighted by Gasteiger charge is 2.38. The first kappa shape index (κ1) is 37.6. The number of para-hydroxylation sites is 2. The number of carbonyl (C=O) groups is 4. The number of hydrogen-bond acceptors (Lipinski definition) is 7. The SMILES string of the molecule is CC(C)(C)OC(=O)N1CCC[C@H]1C(=O)Nc1ccccc1-c1ccncc1.CC(C)(C)OC(=O)N1CCC[C@H]1C(=O)Nc1ccccc1I. The Labute approximate surface area is 302 Å². The number of likely N-dealkylation sites (tertiary alicyclic amines) is 2. The van der Waals surface area contributed by atoms with E-state index in [1.165, 1.54) is 9.80 Å². The van der Waals surface area contributed by atoms with Crippen LogP contribution in [-0.4, -0.2) is 75.2 Å². The van der Waals surface area contributed by atoms with Crippen molar-refractivity contribution in [3.8, 4) is 11.1 Å². The van der Waals surface area contributed by atoms with Gasteiger partial charge >= 0.3 is 12.2 Å². The van der Waals surface area contributed by atoms with Gasteiger partial charge in [-0.25, -0.2) is 9.59 Å². The molecule has 0 radical (unpaired) electrons. The molecule has 12 heteroatoms. The predicted octanol–water partition coefficient (Wildman–Crippen LogP) is 7.72. The number of nitrogens with zero attached hydrogens (tertiary/aromatic N) is 3. The van der Waals surface area contributed by atoms with Crippen LogP contribution in [0, 0.1) is 3.57 Å². The van der Waals surface area contributed by atoms with Gasteiger partial charge in [-0.15, -0.1) is 0 Å². The number of ether oxygens (including phenoxy) is 2. The van der Waals surface area contributed by atoms with Crippen molar-refractivity contribution in [2.45, 2.75) is 90.5 Å². The van der Waals surface area contributed by atoms with E-state index in [1.807, 2.05) is 102 Å². The molecule has 262 valence electrons. The highest BCUT2D eigenvalue weighted by molar-refractivity contribution is 14.1. The molecular weight excluding hydrogens is 737 g/mol. The van der Waals surface area contributed by atoms with Crippen LogP contribution in [0.15, 0.2) is 73.1 Å².